The second-order valence-electron chi connectivity index (χ2n) is 6.84. The normalized spacial score (nSPS) is 24.3. The first-order valence-electron chi connectivity index (χ1n) is 8.60. The van der Waals surface area contributed by atoms with Crippen molar-refractivity contribution in [3.8, 4) is 17.2 Å². The largest absolute Gasteiger partial charge is 0.260 e. The molecule has 2 unspecified atom stereocenters. The minimum absolute atomic E-state index is 0.00556. The van der Waals surface area contributed by atoms with Crippen molar-refractivity contribution < 1.29 is 4.39 Å². The van der Waals surface area contributed by atoms with E-state index in [0.29, 0.717) is 10.8 Å². The minimum atomic E-state index is -0.375. The van der Waals surface area contributed by atoms with Crippen molar-refractivity contribution in [1.82, 2.24) is 0 Å². The molecule has 2 atom stereocenters. The van der Waals surface area contributed by atoms with Crippen LogP contribution in [-0.2, 0) is 5.41 Å². The van der Waals surface area contributed by atoms with Gasteiger partial charge in [0, 0.05) is 16.9 Å². The maximum absolute atomic E-state index is 13.9. The van der Waals surface area contributed by atoms with Crippen LogP contribution in [0.15, 0.2) is 41.4 Å². The van der Waals surface area contributed by atoms with E-state index in [9.17, 15) is 4.39 Å². The Bertz CT molecular complexity index is 899. The summed E-state index contributed by atoms with van der Waals surface area (Å²) in [5, 5.41) is 9.65. The topological polar surface area (TPSA) is 36.1 Å². The third-order valence-electron chi connectivity index (χ3n) is 5.46. The van der Waals surface area contributed by atoms with E-state index in [1.165, 1.54) is 37.0 Å². The van der Waals surface area contributed by atoms with Gasteiger partial charge in [-0.05, 0) is 66.1 Å². The Kier molecular flexibility index (Phi) is 4.13. The van der Waals surface area contributed by atoms with Crippen molar-refractivity contribution in [1.29, 1.82) is 5.26 Å². The van der Waals surface area contributed by atoms with Gasteiger partial charge in [-0.1, -0.05) is 18.9 Å². The highest BCUT2D eigenvalue weighted by atomic mass is 32.2. The molecule has 0 radical (unpaired) electrons. The van der Waals surface area contributed by atoms with Crippen molar-refractivity contribution in [2.75, 3.05) is 6.26 Å². The lowest BCUT2D eigenvalue weighted by Crippen LogP contribution is -2.40. The molecule has 2 nitrogen and oxygen atoms in total. The summed E-state index contributed by atoms with van der Waals surface area (Å²) in [4.78, 5) is 4.70. The van der Waals surface area contributed by atoms with Crippen LogP contribution in [0.1, 0.15) is 36.8 Å². The summed E-state index contributed by atoms with van der Waals surface area (Å²) < 4.78 is 13.9. The Morgan fingerprint density at radius 1 is 1.20 bits per heavy atom. The van der Waals surface area contributed by atoms with Crippen LogP contribution in [0, 0.1) is 17.1 Å². The molecular weight excluding hydrogens is 331 g/mol. The van der Waals surface area contributed by atoms with Crippen molar-refractivity contribution in [3.63, 3.8) is 0 Å². The zero-order valence-electron chi connectivity index (χ0n) is 14.1. The number of nitriles is 1. The molecule has 0 bridgehead atoms. The lowest BCUT2D eigenvalue weighted by atomic mass is 9.70. The van der Waals surface area contributed by atoms with Crippen LogP contribution in [0.4, 0.5) is 10.1 Å². The van der Waals surface area contributed by atoms with Gasteiger partial charge in [0.05, 0.1) is 17.3 Å². The summed E-state index contributed by atoms with van der Waals surface area (Å²) >= 11 is 1.92. The molecule has 4 heteroatoms. The number of hydrogen-bond donors (Lipinski definition) is 0. The number of thioether (sulfide) groups is 1. The smallest absolute Gasteiger partial charge is 0.125 e. The molecule has 0 amide bonds. The van der Waals surface area contributed by atoms with Gasteiger partial charge in [-0.15, -0.1) is 0 Å². The summed E-state index contributed by atoms with van der Waals surface area (Å²) in [7, 11) is 0. The fraction of sp³-hybridized carbons (Fsp3) is 0.333. The number of rotatable bonds is 2. The van der Waals surface area contributed by atoms with Gasteiger partial charge in [0.15, 0.2) is 0 Å². The van der Waals surface area contributed by atoms with E-state index in [1.54, 1.807) is 6.07 Å². The molecule has 0 aromatic heterocycles. The van der Waals surface area contributed by atoms with Crippen LogP contribution in [0.25, 0.3) is 11.1 Å². The van der Waals surface area contributed by atoms with E-state index in [1.807, 2.05) is 30.0 Å². The van der Waals surface area contributed by atoms with Crippen LogP contribution >= 0.6 is 11.8 Å². The van der Waals surface area contributed by atoms with Crippen LogP contribution in [0.5, 0.6) is 0 Å². The van der Waals surface area contributed by atoms with E-state index in [2.05, 4.69) is 18.5 Å². The Hall–Kier alpha value is -2.12. The molecule has 25 heavy (non-hydrogen) atoms. The Morgan fingerprint density at radius 2 is 2.08 bits per heavy atom. The molecule has 1 aliphatic heterocycles. The number of hydrogen-bond acceptors (Lipinski definition) is 3. The SMILES string of the molecule is CSC1CCCCC12C=Nc1ccc(-c3cc(F)cc(C#N)c3)cc12. The summed E-state index contributed by atoms with van der Waals surface area (Å²) in [5.74, 6) is -0.375. The second kappa shape index (κ2) is 6.31. The van der Waals surface area contributed by atoms with Gasteiger partial charge in [-0.3, -0.25) is 4.99 Å². The van der Waals surface area contributed by atoms with Gasteiger partial charge in [-0.25, -0.2) is 4.39 Å². The maximum Gasteiger partial charge on any atom is 0.125 e. The zero-order chi connectivity index (χ0) is 17.4. The minimum Gasteiger partial charge on any atom is -0.260 e. The van der Waals surface area contributed by atoms with Gasteiger partial charge in [0.25, 0.3) is 0 Å². The van der Waals surface area contributed by atoms with Gasteiger partial charge < -0.3 is 0 Å². The van der Waals surface area contributed by atoms with Gasteiger partial charge in [-0.2, -0.15) is 17.0 Å². The van der Waals surface area contributed by atoms with Crippen molar-refractivity contribution in [3.05, 3.63) is 53.3 Å². The Labute approximate surface area is 151 Å². The monoisotopic (exact) mass is 350 g/mol. The van der Waals surface area contributed by atoms with Gasteiger partial charge in [0.1, 0.15) is 5.82 Å². The van der Waals surface area contributed by atoms with Crippen molar-refractivity contribution >= 4 is 23.7 Å². The molecule has 1 fully saturated rings. The van der Waals surface area contributed by atoms with Gasteiger partial charge in [0.2, 0.25) is 0 Å². The summed E-state index contributed by atoms with van der Waals surface area (Å²) in [5.41, 5.74) is 4.33. The van der Waals surface area contributed by atoms with Crippen LogP contribution < -0.4 is 0 Å². The fourth-order valence-corrected chi connectivity index (χ4v) is 5.35. The number of fused-ring (bicyclic) bond motifs is 2. The van der Waals surface area contributed by atoms with E-state index >= 15 is 0 Å². The van der Waals surface area contributed by atoms with Crippen LogP contribution in [0.3, 0.4) is 0 Å². The predicted molar refractivity (Wildman–Crippen MR) is 102 cm³/mol. The summed E-state index contributed by atoms with van der Waals surface area (Å²) in [6, 6.07) is 12.7. The standard InChI is InChI=1S/C21H19FN2S/c1-25-20-4-2-3-7-21(20)13-24-19-6-5-15(11-18(19)21)16-8-14(12-23)9-17(22)10-16/h5-6,8-11,13,20H,2-4,7H2,1H3. The quantitative estimate of drug-likeness (QED) is 0.704. The molecular formula is C21H19FN2S. The maximum atomic E-state index is 13.9. The molecule has 4 rings (SSSR count). The number of nitrogens with zero attached hydrogens (tertiary/aromatic N) is 2. The molecule has 2 aliphatic rings. The van der Waals surface area contributed by atoms with Crippen molar-refractivity contribution in [2.45, 2.75) is 36.3 Å². The highest BCUT2D eigenvalue weighted by Crippen LogP contribution is 2.50. The Balaban J connectivity index is 1.82. The lowest BCUT2D eigenvalue weighted by molar-refractivity contribution is 0.404. The highest BCUT2D eigenvalue weighted by Gasteiger charge is 2.44. The van der Waals surface area contributed by atoms with E-state index in [4.69, 9.17) is 10.3 Å². The molecule has 0 N–H and O–H groups in total. The molecule has 0 saturated heterocycles. The fourth-order valence-electron chi connectivity index (χ4n) is 4.23. The van der Waals surface area contributed by atoms with E-state index in [-0.39, 0.29) is 11.2 Å². The third kappa shape index (κ3) is 2.67. The third-order valence-corrected chi connectivity index (χ3v) is 6.68. The highest BCUT2D eigenvalue weighted by molar-refractivity contribution is 7.99. The lowest BCUT2D eigenvalue weighted by Gasteiger charge is -2.39. The molecule has 2 aromatic rings. The number of benzene rings is 2. The van der Waals surface area contributed by atoms with E-state index in [0.717, 1.165) is 23.2 Å². The molecule has 1 aliphatic carbocycles. The average molecular weight is 350 g/mol. The van der Waals surface area contributed by atoms with Crippen LogP contribution in [-0.4, -0.2) is 17.7 Å². The first-order valence-corrected chi connectivity index (χ1v) is 9.89. The number of aliphatic imine (C=N–C) groups is 1. The van der Waals surface area contributed by atoms with Crippen molar-refractivity contribution in [2.24, 2.45) is 4.99 Å². The Morgan fingerprint density at radius 3 is 2.88 bits per heavy atom. The summed E-state index contributed by atoms with van der Waals surface area (Å²) in [6.07, 6.45) is 9.13. The average Bonchev–Trinajstić information content (AvgIpc) is 3.00. The molecule has 1 heterocycles. The first kappa shape index (κ1) is 16.4. The molecule has 1 spiro atoms. The number of halogens is 1. The molecule has 126 valence electrons. The molecule has 1 saturated carbocycles. The molecule has 2 aromatic carbocycles. The predicted octanol–water partition coefficient (Wildman–Crippen LogP) is 5.62. The first-order chi connectivity index (χ1) is 12.2. The van der Waals surface area contributed by atoms with Gasteiger partial charge >= 0.3 is 0 Å². The second-order valence-corrected chi connectivity index (χ2v) is 7.88. The summed E-state index contributed by atoms with van der Waals surface area (Å²) in [6.45, 7) is 0. The zero-order valence-corrected chi connectivity index (χ0v) is 14.9. The van der Waals surface area contributed by atoms with Crippen LogP contribution in [0.2, 0.25) is 0 Å². The van der Waals surface area contributed by atoms with E-state index < -0.39 is 0 Å².